The summed E-state index contributed by atoms with van der Waals surface area (Å²) in [7, 11) is 4.76. The lowest BCUT2D eigenvalue weighted by Crippen LogP contribution is -1.95. The van der Waals surface area contributed by atoms with Gasteiger partial charge in [0, 0.05) is 0 Å². The van der Waals surface area contributed by atoms with Crippen LogP contribution in [0.5, 0.6) is 23.0 Å². The summed E-state index contributed by atoms with van der Waals surface area (Å²) in [6, 6.07) is 9.55. The number of phenolic OH excluding ortho intramolecular Hbond substituents is 1. The number of thiophene rings is 1. The molecule has 0 saturated heterocycles. The summed E-state index contributed by atoms with van der Waals surface area (Å²) in [5, 5.41) is 13.1. The van der Waals surface area contributed by atoms with Gasteiger partial charge >= 0.3 is 0 Å². The number of methoxy groups -OCH3 is 3. The highest BCUT2D eigenvalue weighted by molar-refractivity contribution is 7.17. The number of benzene rings is 2. The normalized spacial score (nSPS) is 11.1. The first kappa shape index (κ1) is 16.2. The molecule has 0 unspecified atom stereocenters. The maximum atomic E-state index is 10.1. The molecule has 3 rings (SSSR count). The van der Waals surface area contributed by atoms with Crippen LogP contribution in [0.1, 0.15) is 11.1 Å². The molecule has 4 nitrogen and oxygen atoms in total. The minimum Gasteiger partial charge on any atom is -0.506 e. The summed E-state index contributed by atoms with van der Waals surface area (Å²) in [4.78, 5) is 0. The highest BCUT2D eigenvalue weighted by atomic mass is 32.1. The van der Waals surface area contributed by atoms with Gasteiger partial charge in [0.25, 0.3) is 0 Å². The minimum atomic E-state index is 0.298. The third-order valence-corrected chi connectivity index (χ3v) is 4.66. The molecule has 0 bridgehead atoms. The van der Waals surface area contributed by atoms with E-state index in [2.05, 4.69) is 0 Å². The van der Waals surface area contributed by atoms with E-state index in [0.717, 1.165) is 21.2 Å². The van der Waals surface area contributed by atoms with E-state index in [-0.39, 0.29) is 0 Å². The van der Waals surface area contributed by atoms with E-state index >= 15 is 0 Å². The number of hydrogen-bond donors (Lipinski definition) is 1. The molecule has 5 heteroatoms. The summed E-state index contributed by atoms with van der Waals surface area (Å²) in [6.45, 7) is 0. The second kappa shape index (κ2) is 6.84. The van der Waals surface area contributed by atoms with E-state index < -0.39 is 0 Å². The molecule has 0 fully saturated rings. The molecule has 0 radical (unpaired) electrons. The van der Waals surface area contributed by atoms with Crippen LogP contribution in [0.15, 0.2) is 35.7 Å². The van der Waals surface area contributed by atoms with Crippen LogP contribution in [0.2, 0.25) is 0 Å². The predicted octanol–water partition coefficient (Wildman–Crippen LogP) is 4.80. The zero-order valence-corrected chi connectivity index (χ0v) is 14.5. The summed E-state index contributed by atoms with van der Waals surface area (Å²) >= 11 is 1.53. The van der Waals surface area contributed by atoms with Crippen molar-refractivity contribution >= 4 is 33.6 Å². The van der Waals surface area contributed by atoms with Gasteiger partial charge < -0.3 is 19.3 Å². The lowest BCUT2D eigenvalue weighted by atomic mass is 10.1. The number of fused-ring (bicyclic) bond motifs is 1. The van der Waals surface area contributed by atoms with Gasteiger partial charge in [-0.3, -0.25) is 0 Å². The molecule has 1 N–H and O–H groups in total. The lowest BCUT2D eigenvalue weighted by Gasteiger charge is -2.12. The van der Waals surface area contributed by atoms with Gasteiger partial charge in [-0.05, 0) is 52.2 Å². The van der Waals surface area contributed by atoms with Gasteiger partial charge in [-0.25, -0.2) is 0 Å². The standard InChI is InChI=1S/C19H18O4S/c1-21-16-10-13(11-17(22-2)18(16)23-3)5-4-12-8-14-6-7-24-19(14)15(20)9-12/h4-11,20H,1-3H3/b5-4-. The van der Waals surface area contributed by atoms with Crippen molar-refractivity contribution in [2.24, 2.45) is 0 Å². The summed E-state index contributed by atoms with van der Waals surface area (Å²) in [6.07, 6.45) is 3.88. The second-order valence-corrected chi connectivity index (χ2v) is 6.09. The van der Waals surface area contributed by atoms with Crippen LogP contribution in [0, 0.1) is 0 Å². The molecular formula is C19H18O4S. The molecule has 0 spiro atoms. The monoisotopic (exact) mass is 342 g/mol. The molecule has 0 atom stereocenters. The SMILES string of the molecule is COc1cc(/C=C\c2cc(O)c3sccc3c2)cc(OC)c1OC. The molecule has 2 aromatic carbocycles. The van der Waals surface area contributed by atoms with Crippen LogP contribution >= 0.6 is 11.3 Å². The van der Waals surface area contributed by atoms with Gasteiger partial charge in [-0.15, -0.1) is 11.3 Å². The third kappa shape index (κ3) is 3.03. The van der Waals surface area contributed by atoms with Gasteiger partial charge in [0.1, 0.15) is 5.75 Å². The highest BCUT2D eigenvalue weighted by Gasteiger charge is 2.12. The fraction of sp³-hybridized carbons (Fsp3) is 0.158. The molecule has 1 aromatic heterocycles. The van der Waals surface area contributed by atoms with Crippen molar-refractivity contribution in [2.45, 2.75) is 0 Å². The van der Waals surface area contributed by atoms with E-state index in [9.17, 15) is 5.11 Å². The van der Waals surface area contributed by atoms with Crippen molar-refractivity contribution in [3.05, 3.63) is 46.8 Å². The number of ether oxygens (including phenoxy) is 3. The molecule has 0 saturated carbocycles. The maximum absolute atomic E-state index is 10.1. The molecular weight excluding hydrogens is 324 g/mol. The van der Waals surface area contributed by atoms with E-state index in [0.29, 0.717) is 23.0 Å². The molecule has 1 heterocycles. The number of rotatable bonds is 5. The molecule has 0 amide bonds. The first-order chi connectivity index (χ1) is 11.7. The van der Waals surface area contributed by atoms with Crippen molar-refractivity contribution in [1.82, 2.24) is 0 Å². The molecule has 3 aromatic rings. The number of hydrogen-bond acceptors (Lipinski definition) is 5. The molecule has 124 valence electrons. The predicted molar refractivity (Wildman–Crippen MR) is 98.5 cm³/mol. The van der Waals surface area contributed by atoms with E-state index in [4.69, 9.17) is 14.2 Å². The quantitative estimate of drug-likeness (QED) is 0.677. The van der Waals surface area contributed by atoms with Crippen molar-refractivity contribution in [3.63, 3.8) is 0 Å². The molecule has 24 heavy (non-hydrogen) atoms. The highest BCUT2D eigenvalue weighted by Crippen LogP contribution is 2.39. The second-order valence-electron chi connectivity index (χ2n) is 5.17. The fourth-order valence-corrected chi connectivity index (χ4v) is 3.37. The Balaban J connectivity index is 1.98. The van der Waals surface area contributed by atoms with E-state index in [1.807, 2.05) is 41.8 Å². The van der Waals surface area contributed by atoms with Crippen LogP contribution in [0.25, 0.3) is 22.2 Å². The Labute approximate surface area is 144 Å². The Morgan fingerprint density at radius 3 is 2.08 bits per heavy atom. The van der Waals surface area contributed by atoms with Crippen molar-refractivity contribution in [1.29, 1.82) is 0 Å². The van der Waals surface area contributed by atoms with Crippen LogP contribution in [-0.4, -0.2) is 26.4 Å². The van der Waals surface area contributed by atoms with Crippen LogP contribution in [-0.2, 0) is 0 Å². The van der Waals surface area contributed by atoms with Crippen LogP contribution in [0.4, 0.5) is 0 Å². The summed E-state index contributed by atoms with van der Waals surface area (Å²) in [5.74, 6) is 2.07. The Kier molecular flexibility index (Phi) is 4.62. The number of phenols is 1. The van der Waals surface area contributed by atoms with Gasteiger partial charge in [-0.1, -0.05) is 12.2 Å². The van der Waals surface area contributed by atoms with Crippen LogP contribution in [0.3, 0.4) is 0 Å². The zero-order chi connectivity index (χ0) is 17.1. The van der Waals surface area contributed by atoms with Gasteiger partial charge in [0.15, 0.2) is 11.5 Å². The van der Waals surface area contributed by atoms with Crippen molar-refractivity contribution < 1.29 is 19.3 Å². The first-order valence-corrected chi connectivity index (χ1v) is 8.22. The Hall–Kier alpha value is -2.66. The lowest BCUT2D eigenvalue weighted by molar-refractivity contribution is 0.324. The number of aromatic hydroxyl groups is 1. The largest absolute Gasteiger partial charge is 0.506 e. The minimum absolute atomic E-state index is 0.298. The Morgan fingerprint density at radius 2 is 1.50 bits per heavy atom. The average Bonchev–Trinajstić information content (AvgIpc) is 3.08. The third-order valence-electron chi connectivity index (χ3n) is 3.71. The van der Waals surface area contributed by atoms with E-state index in [1.54, 1.807) is 27.4 Å². The Bertz CT molecular complexity index is 871. The molecule has 0 aliphatic carbocycles. The Morgan fingerprint density at radius 1 is 0.875 bits per heavy atom. The molecule has 0 aliphatic heterocycles. The topological polar surface area (TPSA) is 47.9 Å². The van der Waals surface area contributed by atoms with E-state index in [1.165, 1.54) is 11.3 Å². The maximum Gasteiger partial charge on any atom is 0.203 e. The van der Waals surface area contributed by atoms with Gasteiger partial charge in [0.05, 0.1) is 26.0 Å². The van der Waals surface area contributed by atoms with Crippen LogP contribution < -0.4 is 14.2 Å². The molecule has 0 aliphatic rings. The smallest absolute Gasteiger partial charge is 0.203 e. The van der Waals surface area contributed by atoms with Gasteiger partial charge in [0.2, 0.25) is 5.75 Å². The average molecular weight is 342 g/mol. The summed E-state index contributed by atoms with van der Waals surface area (Å²) < 4.78 is 16.9. The fourth-order valence-electron chi connectivity index (χ4n) is 2.57. The van der Waals surface area contributed by atoms with Gasteiger partial charge in [-0.2, -0.15) is 0 Å². The first-order valence-electron chi connectivity index (χ1n) is 7.34. The zero-order valence-electron chi connectivity index (χ0n) is 13.7. The van der Waals surface area contributed by atoms with Crippen molar-refractivity contribution in [3.8, 4) is 23.0 Å². The van der Waals surface area contributed by atoms with Crippen molar-refractivity contribution in [2.75, 3.05) is 21.3 Å². The summed E-state index contributed by atoms with van der Waals surface area (Å²) in [5.41, 5.74) is 1.83.